The molecule has 0 radical (unpaired) electrons. The predicted octanol–water partition coefficient (Wildman–Crippen LogP) is 3.22. The third-order valence-electron chi connectivity index (χ3n) is 3.68. The summed E-state index contributed by atoms with van der Waals surface area (Å²) < 4.78 is 5.24. The Hall–Kier alpha value is -2.54. The lowest BCUT2D eigenvalue weighted by atomic mass is 10.0. The zero-order valence-electron chi connectivity index (χ0n) is 14.4. The number of benzene rings is 1. The standard InChI is InChI=1S/C17H20ClN3O4/c1-9(2)13(16(22)21(3)4)19-15-12(17(23)24)14(25-20-15)10-5-7-11(18)8-6-10/h5-9,13H,1-4H3,(H,19,20)(H,23,24). The van der Waals surface area contributed by atoms with E-state index in [0.717, 1.165) is 0 Å². The number of halogens is 1. The van der Waals surface area contributed by atoms with Crippen molar-refractivity contribution < 1.29 is 19.2 Å². The van der Waals surface area contributed by atoms with Crippen molar-refractivity contribution in [2.75, 3.05) is 19.4 Å². The van der Waals surface area contributed by atoms with E-state index in [-0.39, 0.29) is 29.0 Å². The average molecular weight is 366 g/mol. The van der Waals surface area contributed by atoms with E-state index in [1.807, 2.05) is 13.8 Å². The number of aromatic nitrogens is 1. The number of carbonyl (C=O) groups is 2. The van der Waals surface area contributed by atoms with Gasteiger partial charge < -0.3 is 19.8 Å². The summed E-state index contributed by atoms with van der Waals surface area (Å²) in [5, 5.41) is 16.8. The minimum absolute atomic E-state index is 0.0198. The molecular formula is C17H20ClN3O4. The largest absolute Gasteiger partial charge is 0.477 e. The van der Waals surface area contributed by atoms with Crippen LogP contribution in [0.2, 0.25) is 5.02 Å². The normalized spacial score (nSPS) is 12.1. The van der Waals surface area contributed by atoms with Crippen LogP contribution in [0, 0.1) is 5.92 Å². The first kappa shape index (κ1) is 18.8. The summed E-state index contributed by atoms with van der Waals surface area (Å²) in [6.07, 6.45) is 0. The van der Waals surface area contributed by atoms with E-state index in [9.17, 15) is 14.7 Å². The fourth-order valence-corrected chi connectivity index (χ4v) is 2.45. The van der Waals surface area contributed by atoms with Crippen LogP contribution in [-0.2, 0) is 4.79 Å². The second-order valence-electron chi connectivity index (χ2n) is 6.15. The van der Waals surface area contributed by atoms with Crippen molar-refractivity contribution in [1.82, 2.24) is 10.1 Å². The summed E-state index contributed by atoms with van der Waals surface area (Å²) in [7, 11) is 3.28. The van der Waals surface area contributed by atoms with E-state index < -0.39 is 12.0 Å². The summed E-state index contributed by atoms with van der Waals surface area (Å²) in [6, 6.07) is 5.92. The molecule has 1 aromatic carbocycles. The molecule has 25 heavy (non-hydrogen) atoms. The lowest BCUT2D eigenvalue weighted by Gasteiger charge is -2.24. The monoisotopic (exact) mass is 365 g/mol. The molecule has 2 N–H and O–H groups in total. The van der Waals surface area contributed by atoms with Crippen LogP contribution in [-0.4, -0.2) is 47.2 Å². The number of carbonyl (C=O) groups excluding carboxylic acids is 1. The Labute approximate surface area is 150 Å². The van der Waals surface area contributed by atoms with Gasteiger partial charge in [-0.3, -0.25) is 4.79 Å². The molecule has 8 heteroatoms. The van der Waals surface area contributed by atoms with Gasteiger partial charge in [-0.15, -0.1) is 0 Å². The van der Waals surface area contributed by atoms with Gasteiger partial charge in [-0.25, -0.2) is 4.79 Å². The van der Waals surface area contributed by atoms with Crippen LogP contribution in [0.25, 0.3) is 11.3 Å². The number of anilines is 1. The van der Waals surface area contributed by atoms with Gasteiger partial charge >= 0.3 is 5.97 Å². The number of amides is 1. The molecule has 1 aromatic heterocycles. The van der Waals surface area contributed by atoms with E-state index in [4.69, 9.17) is 16.1 Å². The molecule has 0 spiro atoms. The van der Waals surface area contributed by atoms with Crippen molar-refractivity contribution in [3.05, 3.63) is 34.9 Å². The Balaban J connectivity index is 2.43. The van der Waals surface area contributed by atoms with Crippen molar-refractivity contribution in [1.29, 1.82) is 0 Å². The Bertz CT molecular complexity index is 769. The maximum atomic E-state index is 12.3. The molecule has 2 aromatic rings. The Kier molecular flexibility index (Phi) is 5.69. The van der Waals surface area contributed by atoms with Gasteiger partial charge in [-0.2, -0.15) is 0 Å². The predicted molar refractivity (Wildman–Crippen MR) is 94.9 cm³/mol. The molecule has 1 unspecified atom stereocenters. The molecule has 0 aliphatic heterocycles. The maximum absolute atomic E-state index is 12.3. The van der Waals surface area contributed by atoms with E-state index in [0.29, 0.717) is 10.6 Å². The molecule has 0 bridgehead atoms. The SMILES string of the molecule is CC(C)C(Nc1noc(-c2ccc(Cl)cc2)c1C(=O)O)C(=O)N(C)C. The Morgan fingerprint density at radius 3 is 2.32 bits per heavy atom. The lowest BCUT2D eigenvalue weighted by molar-refractivity contribution is -0.130. The molecule has 0 aliphatic rings. The fraction of sp³-hybridized carbons (Fsp3) is 0.353. The molecule has 0 aliphatic carbocycles. The van der Waals surface area contributed by atoms with Crippen molar-refractivity contribution >= 4 is 29.3 Å². The second kappa shape index (κ2) is 7.57. The van der Waals surface area contributed by atoms with E-state index in [2.05, 4.69) is 10.5 Å². The molecule has 7 nitrogen and oxygen atoms in total. The molecule has 134 valence electrons. The van der Waals surface area contributed by atoms with Crippen molar-refractivity contribution in [3.63, 3.8) is 0 Å². The van der Waals surface area contributed by atoms with Crippen LogP contribution in [0.4, 0.5) is 5.82 Å². The molecule has 1 heterocycles. The van der Waals surface area contributed by atoms with Gasteiger partial charge in [-0.1, -0.05) is 30.6 Å². The number of aromatic carboxylic acids is 1. The fourth-order valence-electron chi connectivity index (χ4n) is 2.32. The van der Waals surface area contributed by atoms with Crippen molar-refractivity contribution in [3.8, 4) is 11.3 Å². The molecule has 1 amide bonds. The van der Waals surface area contributed by atoms with Crippen LogP contribution in [0.5, 0.6) is 0 Å². The van der Waals surface area contributed by atoms with Crippen LogP contribution in [0.15, 0.2) is 28.8 Å². The lowest BCUT2D eigenvalue weighted by Crippen LogP contribution is -2.42. The van der Waals surface area contributed by atoms with Crippen LogP contribution >= 0.6 is 11.6 Å². The van der Waals surface area contributed by atoms with E-state index in [1.54, 1.807) is 38.4 Å². The summed E-state index contributed by atoms with van der Waals surface area (Å²) in [5.41, 5.74) is 0.405. The average Bonchev–Trinajstić information content (AvgIpc) is 2.96. The molecule has 0 saturated heterocycles. The first-order valence-electron chi connectivity index (χ1n) is 7.69. The Morgan fingerprint density at radius 2 is 1.84 bits per heavy atom. The van der Waals surface area contributed by atoms with Crippen molar-refractivity contribution in [2.45, 2.75) is 19.9 Å². The highest BCUT2D eigenvalue weighted by Crippen LogP contribution is 2.31. The van der Waals surface area contributed by atoms with E-state index >= 15 is 0 Å². The third-order valence-corrected chi connectivity index (χ3v) is 3.93. The number of likely N-dealkylation sites (N-methyl/N-ethyl adjacent to an activating group) is 1. The van der Waals surface area contributed by atoms with Gasteiger partial charge in [0.15, 0.2) is 17.1 Å². The van der Waals surface area contributed by atoms with Gasteiger partial charge in [0.05, 0.1) is 0 Å². The van der Waals surface area contributed by atoms with Crippen LogP contribution < -0.4 is 5.32 Å². The topological polar surface area (TPSA) is 95.7 Å². The van der Waals surface area contributed by atoms with Crippen molar-refractivity contribution in [2.24, 2.45) is 5.92 Å². The number of rotatable bonds is 6. The number of nitrogens with zero attached hydrogens (tertiary/aromatic N) is 2. The number of nitrogens with one attached hydrogen (secondary N) is 1. The van der Waals surface area contributed by atoms with Gasteiger partial charge in [0.25, 0.3) is 0 Å². The summed E-state index contributed by atoms with van der Waals surface area (Å²) in [4.78, 5) is 25.5. The second-order valence-corrected chi connectivity index (χ2v) is 6.58. The molecule has 0 saturated carbocycles. The smallest absolute Gasteiger partial charge is 0.343 e. The van der Waals surface area contributed by atoms with Gasteiger partial charge in [0.1, 0.15) is 6.04 Å². The highest BCUT2D eigenvalue weighted by Gasteiger charge is 2.30. The number of hydrogen-bond donors (Lipinski definition) is 2. The van der Waals surface area contributed by atoms with Crippen LogP contribution in [0.3, 0.4) is 0 Å². The number of hydrogen-bond acceptors (Lipinski definition) is 5. The first-order chi connectivity index (χ1) is 11.7. The summed E-state index contributed by atoms with van der Waals surface area (Å²) in [5.74, 6) is -1.33. The zero-order valence-corrected chi connectivity index (χ0v) is 15.2. The number of carboxylic acids is 1. The molecular weight excluding hydrogens is 346 g/mol. The Morgan fingerprint density at radius 1 is 1.24 bits per heavy atom. The highest BCUT2D eigenvalue weighted by molar-refractivity contribution is 6.30. The van der Waals surface area contributed by atoms with Crippen LogP contribution in [0.1, 0.15) is 24.2 Å². The first-order valence-corrected chi connectivity index (χ1v) is 8.06. The minimum atomic E-state index is -1.20. The van der Waals surface area contributed by atoms with Gasteiger partial charge in [0.2, 0.25) is 5.91 Å². The highest BCUT2D eigenvalue weighted by atomic mass is 35.5. The summed E-state index contributed by atoms with van der Waals surface area (Å²) >= 11 is 5.86. The van der Waals surface area contributed by atoms with E-state index in [1.165, 1.54) is 4.90 Å². The molecule has 1 atom stereocenters. The van der Waals surface area contributed by atoms with Gasteiger partial charge in [0, 0.05) is 24.7 Å². The quantitative estimate of drug-likeness (QED) is 0.816. The molecule has 0 fully saturated rings. The number of carboxylic acid groups (broad SMARTS) is 1. The third kappa shape index (κ3) is 4.11. The maximum Gasteiger partial charge on any atom is 0.343 e. The minimum Gasteiger partial charge on any atom is -0.477 e. The molecule has 2 rings (SSSR count). The zero-order chi connectivity index (χ0) is 18.7. The van der Waals surface area contributed by atoms with Gasteiger partial charge in [-0.05, 0) is 30.2 Å². The summed E-state index contributed by atoms with van der Waals surface area (Å²) in [6.45, 7) is 3.72.